The van der Waals surface area contributed by atoms with Crippen LogP contribution in [-0.2, 0) is 11.3 Å². The van der Waals surface area contributed by atoms with Gasteiger partial charge in [0.05, 0.1) is 18.8 Å². The lowest BCUT2D eigenvalue weighted by atomic mass is 10.2. The molecule has 0 saturated heterocycles. The smallest absolute Gasteiger partial charge is 0.239 e. The molecule has 0 radical (unpaired) electrons. The number of benzene rings is 2. The fourth-order valence-electron chi connectivity index (χ4n) is 2.43. The molecule has 0 saturated carbocycles. The van der Waals surface area contributed by atoms with Crippen LogP contribution in [0.15, 0.2) is 72.1 Å². The average molecular weight is 352 g/mol. The molecule has 3 rings (SSSR count). The topological polar surface area (TPSA) is 41.6 Å². The normalized spacial score (nSPS) is 10.3. The number of hydrogen-bond donors (Lipinski definition) is 1. The molecule has 5 heteroatoms. The van der Waals surface area contributed by atoms with Crippen molar-refractivity contribution < 1.29 is 9.53 Å². The molecule has 4 nitrogen and oxygen atoms in total. The second kappa shape index (κ2) is 8.35. The summed E-state index contributed by atoms with van der Waals surface area (Å²) in [5, 5.41) is 4.95. The van der Waals surface area contributed by atoms with E-state index in [4.69, 9.17) is 4.74 Å². The Kier molecular flexibility index (Phi) is 5.69. The number of anilines is 1. The second-order valence-electron chi connectivity index (χ2n) is 5.59. The summed E-state index contributed by atoms with van der Waals surface area (Å²) in [5.41, 5.74) is 0.873. The third kappa shape index (κ3) is 4.84. The Morgan fingerprint density at radius 2 is 1.80 bits per heavy atom. The van der Waals surface area contributed by atoms with Crippen LogP contribution in [0.3, 0.4) is 0 Å². The van der Waals surface area contributed by atoms with Gasteiger partial charge in [-0.05, 0) is 35.7 Å². The largest absolute Gasteiger partial charge is 0.455 e. The van der Waals surface area contributed by atoms with Crippen molar-refractivity contribution in [3.8, 4) is 11.5 Å². The maximum absolute atomic E-state index is 12.2. The Morgan fingerprint density at radius 1 is 1.04 bits per heavy atom. The summed E-state index contributed by atoms with van der Waals surface area (Å²) < 4.78 is 5.96. The zero-order valence-corrected chi connectivity index (χ0v) is 14.8. The molecular weight excluding hydrogens is 332 g/mol. The van der Waals surface area contributed by atoms with Gasteiger partial charge in [-0.15, -0.1) is 11.3 Å². The van der Waals surface area contributed by atoms with Crippen LogP contribution in [0.5, 0.6) is 11.5 Å². The summed E-state index contributed by atoms with van der Waals surface area (Å²) in [5.74, 6) is 1.47. The molecule has 0 aliphatic heterocycles. The van der Waals surface area contributed by atoms with E-state index >= 15 is 0 Å². The Morgan fingerprint density at radius 3 is 2.56 bits per heavy atom. The SMILES string of the molecule is CN(CC(=O)NCc1cccs1)c1ccccc1Oc1ccccc1. The summed E-state index contributed by atoms with van der Waals surface area (Å²) in [6.45, 7) is 0.826. The number of nitrogens with one attached hydrogen (secondary N) is 1. The van der Waals surface area contributed by atoms with E-state index in [1.807, 2.05) is 84.1 Å². The Hall–Kier alpha value is -2.79. The predicted molar refractivity (Wildman–Crippen MR) is 102 cm³/mol. The summed E-state index contributed by atoms with van der Waals surface area (Å²) in [7, 11) is 1.89. The van der Waals surface area contributed by atoms with Crippen LogP contribution < -0.4 is 15.0 Å². The van der Waals surface area contributed by atoms with Crippen molar-refractivity contribution in [1.82, 2.24) is 5.32 Å². The van der Waals surface area contributed by atoms with Gasteiger partial charge in [0.2, 0.25) is 5.91 Å². The van der Waals surface area contributed by atoms with Gasteiger partial charge in [0.25, 0.3) is 0 Å². The molecule has 1 amide bonds. The minimum Gasteiger partial charge on any atom is -0.455 e. The number of thiophene rings is 1. The van der Waals surface area contributed by atoms with E-state index in [1.54, 1.807) is 11.3 Å². The summed E-state index contributed by atoms with van der Waals surface area (Å²) in [4.78, 5) is 15.2. The fourth-order valence-corrected chi connectivity index (χ4v) is 3.07. The van der Waals surface area contributed by atoms with Gasteiger partial charge in [0.1, 0.15) is 5.75 Å². The summed E-state index contributed by atoms with van der Waals surface area (Å²) in [6.07, 6.45) is 0. The number of amides is 1. The van der Waals surface area contributed by atoms with E-state index in [0.717, 1.165) is 22.1 Å². The Labute approximate surface area is 151 Å². The number of hydrogen-bond acceptors (Lipinski definition) is 4. The van der Waals surface area contributed by atoms with Gasteiger partial charge in [-0.1, -0.05) is 36.4 Å². The molecule has 0 atom stereocenters. The molecule has 0 fully saturated rings. The van der Waals surface area contributed by atoms with Crippen molar-refractivity contribution in [2.75, 3.05) is 18.5 Å². The van der Waals surface area contributed by atoms with Gasteiger partial charge < -0.3 is 15.0 Å². The summed E-state index contributed by atoms with van der Waals surface area (Å²) >= 11 is 1.64. The van der Waals surface area contributed by atoms with Gasteiger partial charge >= 0.3 is 0 Å². The van der Waals surface area contributed by atoms with Gasteiger partial charge in [-0.3, -0.25) is 4.79 Å². The Bertz CT molecular complexity index is 804. The molecule has 25 heavy (non-hydrogen) atoms. The molecule has 0 spiro atoms. The van der Waals surface area contributed by atoms with Gasteiger partial charge in [0, 0.05) is 11.9 Å². The highest BCUT2D eigenvalue weighted by atomic mass is 32.1. The quantitative estimate of drug-likeness (QED) is 0.689. The molecular formula is C20H20N2O2S. The van der Waals surface area contributed by atoms with E-state index in [9.17, 15) is 4.79 Å². The Balaban J connectivity index is 1.63. The maximum atomic E-state index is 12.2. The van der Waals surface area contributed by atoms with E-state index < -0.39 is 0 Å². The third-order valence-electron chi connectivity index (χ3n) is 3.67. The standard InChI is InChI=1S/C20H20N2O2S/c1-22(15-20(23)21-14-17-10-7-13-25-17)18-11-5-6-12-19(18)24-16-8-3-2-4-9-16/h2-13H,14-15H2,1H3,(H,21,23). The minimum absolute atomic E-state index is 0.0228. The van der Waals surface area contributed by atoms with Crippen LogP contribution >= 0.6 is 11.3 Å². The zero-order chi connectivity index (χ0) is 17.5. The number of ether oxygens (including phenoxy) is 1. The van der Waals surface area contributed by atoms with Crippen LogP contribution in [0.25, 0.3) is 0 Å². The first kappa shape index (κ1) is 17.0. The molecule has 0 aliphatic carbocycles. The van der Waals surface area contributed by atoms with Crippen LogP contribution in [-0.4, -0.2) is 19.5 Å². The maximum Gasteiger partial charge on any atom is 0.239 e. The monoisotopic (exact) mass is 352 g/mol. The van der Waals surface area contributed by atoms with Crippen LogP contribution in [0.2, 0.25) is 0 Å². The molecule has 3 aromatic rings. The molecule has 1 aromatic heterocycles. The highest BCUT2D eigenvalue weighted by Crippen LogP contribution is 2.31. The van der Waals surface area contributed by atoms with Crippen LogP contribution in [0, 0.1) is 0 Å². The first-order chi connectivity index (χ1) is 12.2. The number of para-hydroxylation sites is 3. The molecule has 0 unspecified atom stereocenters. The fraction of sp³-hybridized carbons (Fsp3) is 0.150. The van der Waals surface area contributed by atoms with E-state index in [1.165, 1.54) is 0 Å². The van der Waals surface area contributed by atoms with Crippen molar-refractivity contribution >= 4 is 22.9 Å². The lowest BCUT2D eigenvalue weighted by Gasteiger charge is -2.21. The summed E-state index contributed by atoms with van der Waals surface area (Å²) in [6, 6.07) is 21.3. The minimum atomic E-state index is -0.0228. The van der Waals surface area contributed by atoms with Crippen LogP contribution in [0.1, 0.15) is 4.88 Å². The first-order valence-corrected chi connectivity index (χ1v) is 8.92. The first-order valence-electron chi connectivity index (χ1n) is 8.04. The zero-order valence-electron chi connectivity index (χ0n) is 14.0. The molecule has 128 valence electrons. The van der Waals surface area contributed by atoms with E-state index in [2.05, 4.69) is 5.32 Å². The van der Waals surface area contributed by atoms with Gasteiger partial charge in [-0.25, -0.2) is 0 Å². The highest BCUT2D eigenvalue weighted by Gasteiger charge is 2.12. The third-order valence-corrected chi connectivity index (χ3v) is 4.54. The lowest BCUT2D eigenvalue weighted by molar-refractivity contribution is -0.119. The van der Waals surface area contributed by atoms with E-state index in [0.29, 0.717) is 6.54 Å². The molecule has 1 heterocycles. The van der Waals surface area contributed by atoms with Gasteiger partial charge in [0.15, 0.2) is 5.75 Å². The predicted octanol–water partition coefficient (Wildman–Crippen LogP) is 4.29. The average Bonchev–Trinajstić information content (AvgIpc) is 3.15. The molecule has 0 bridgehead atoms. The van der Waals surface area contributed by atoms with Crippen molar-refractivity contribution in [1.29, 1.82) is 0 Å². The van der Waals surface area contributed by atoms with E-state index in [-0.39, 0.29) is 12.5 Å². The highest BCUT2D eigenvalue weighted by molar-refractivity contribution is 7.09. The van der Waals surface area contributed by atoms with Gasteiger partial charge in [-0.2, -0.15) is 0 Å². The number of carbonyl (C=O) groups is 1. The number of nitrogens with zero attached hydrogens (tertiary/aromatic N) is 1. The number of carbonyl (C=O) groups excluding carboxylic acids is 1. The molecule has 0 aliphatic rings. The number of likely N-dealkylation sites (N-methyl/N-ethyl adjacent to an activating group) is 1. The van der Waals surface area contributed by atoms with Crippen LogP contribution in [0.4, 0.5) is 5.69 Å². The number of rotatable bonds is 7. The molecule has 1 N–H and O–H groups in total. The lowest BCUT2D eigenvalue weighted by Crippen LogP contribution is -2.34. The second-order valence-corrected chi connectivity index (χ2v) is 6.63. The van der Waals surface area contributed by atoms with Crippen molar-refractivity contribution in [2.24, 2.45) is 0 Å². The van der Waals surface area contributed by atoms with Crippen molar-refractivity contribution in [3.63, 3.8) is 0 Å². The molecule has 2 aromatic carbocycles. The van der Waals surface area contributed by atoms with Crippen molar-refractivity contribution in [3.05, 3.63) is 77.0 Å². The van der Waals surface area contributed by atoms with Crippen molar-refractivity contribution in [2.45, 2.75) is 6.54 Å².